The van der Waals surface area contributed by atoms with Crippen molar-refractivity contribution in [1.29, 1.82) is 0 Å². The molecule has 104 valence electrons. The number of rotatable bonds is 3. The van der Waals surface area contributed by atoms with Gasteiger partial charge in [0.2, 0.25) is 0 Å². The van der Waals surface area contributed by atoms with Gasteiger partial charge in [-0.2, -0.15) is 0 Å². The van der Waals surface area contributed by atoms with Gasteiger partial charge < -0.3 is 10.2 Å². The van der Waals surface area contributed by atoms with Crippen LogP contribution in [-0.4, -0.2) is 37.0 Å². The van der Waals surface area contributed by atoms with Gasteiger partial charge in [-0.15, -0.1) is 0 Å². The SMILES string of the molecule is CNCC1CCCCN1C(=O)c1cccc(C)c1I. The van der Waals surface area contributed by atoms with Crippen LogP contribution in [0, 0.1) is 10.5 Å². The Hall–Kier alpha value is -0.620. The van der Waals surface area contributed by atoms with E-state index >= 15 is 0 Å². The van der Waals surface area contributed by atoms with E-state index in [2.05, 4.69) is 45.8 Å². The van der Waals surface area contributed by atoms with E-state index in [0.29, 0.717) is 6.04 Å². The Morgan fingerprint density at radius 1 is 1.47 bits per heavy atom. The van der Waals surface area contributed by atoms with Crippen LogP contribution in [0.2, 0.25) is 0 Å². The highest BCUT2D eigenvalue weighted by molar-refractivity contribution is 14.1. The average Bonchev–Trinajstić information content (AvgIpc) is 2.42. The molecule has 0 radical (unpaired) electrons. The quantitative estimate of drug-likeness (QED) is 0.828. The first-order valence-electron chi connectivity index (χ1n) is 6.86. The van der Waals surface area contributed by atoms with Crippen LogP contribution in [0.5, 0.6) is 0 Å². The van der Waals surface area contributed by atoms with Gasteiger partial charge in [-0.1, -0.05) is 12.1 Å². The first kappa shape index (κ1) is 14.8. The van der Waals surface area contributed by atoms with Crippen LogP contribution in [0.25, 0.3) is 0 Å². The fourth-order valence-electron chi connectivity index (χ4n) is 2.68. The van der Waals surface area contributed by atoms with Crippen molar-refractivity contribution in [1.82, 2.24) is 10.2 Å². The van der Waals surface area contributed by atoms with E-state index in [1.807, 2.05) is 19.2 Å². The van der Waals surface area contributed by atoms with Crippen molar-refractivity contribution < 1.29 is 4.79 Å². The molecule has 1 atom stereocenters. The number of carbonyl (C=O) groups excluding carboxylic acids is 1. The summed E-state index contributed by atoms with van der Waals surface area (Å²) in [5, 5.41) is 3.20. The van der Waals surface area contributed by atoms with Crippen LogP contribution in [-0.2, 0) is 0 Å². The highest BCUT2D eigenvalue weighted by Gasteiger charge is 2.28. The van der Waals surface area contributed by atoms with Crippen molar-refractivity contribution in [3.8, 4) is 0 Å². The Morgan fingerprint density at radius 2 is 2.26 bits per heavy atom. The van der Waals surface area contributed by atoms with Crippen molar-refractivity contribution in [3.63, 3.8) is 0 Å². The molecule has 1 heterocycles. The van der Waals surface area contributed by atoms with Gasteiger partial charge in [0, 0.05) is 22.7 Å². The lowest BCUT2D eigenvalue weighted by Gasteiger charge is -2.36. The smallest absolute Gasteiger partial charge is 0.255 e. The number of hydrogen-bond donors (Lipinski definition) is 1. The van der Waals surface area contributed by atoms with E-state index < -0.39 is 0 Å². The second-order valence-electron chi connectivity index (χ2n) is 5.14. The minimum absolute atomic E-state index is 0.188. The van der Waals surface area contributed by atoms with Crippen LogP contribution >= 0.6 is 22.6 Å². The summed E-state index contributed by atoms with van der Waals surface area (Å²) in [4.78, 5) is 14.8. The summed E-state index contributed by atoms with van der Waals surface area (Å²) in [6, 6.07) is 6.31. The maximum atomic E-state index is 12.8. The number of likely N-dealkylation sites (tertiary alicyclic amines) is 1. The average molecular weight is 372 g/mol. The Morgan fingerprint density at radius 3 is 3.00 bits per heavy atom. The minimum Gasteiger partial charge on any atom is -0.334 e. The highest BCUT2D eigenvalue weighted by Crippen LogP contribution is 2.23. The standard InChI is InChI=1S/C15H21IN2O/c1-11-6-5-8-13(14(11)16)15(19)18-9-4-3-7-12(18)10-17-2/h5-6,8,12,17H,3-4,7,9-10H2,1-2H3. The maximum Gasteiger partial charge on any atom is 0.255 e. The van der Waals surface area contributed by atoms with Gasteiger partial charge in [-0.25, -0.2) is 0 Å². The Labute approximate surface area is 128 Å². The van der Waals surface area contributed by atoms with Crippen LogP contribution < -0.4 is 5.32 Å². The third-order valence-corrected chi connectivity index (χ3v) is 5.18. The molecule has 1 saturated heterocycles. The molecule has 1 aliphatic rings. The van der Waals surface area contributed by atoms with Gasteiger partial charge in [-0.3, -0.25) is 4.79 Å². The summed E-state index contributed by atoms with van der Waals surface area (Å²) >= 11 is 2.28. The second kappa shape index (κ2) is 6.70. The first-order chi connectivity index (χ1) is 9.15. The predicted octanol–water partition coefficient (Wildman–Crippen LogP) is 2.81. The zero-order valence-corrected chi connectivity index (χ0v) is 13.7. The van der Waals surface area contributed by atoms with E-state index in [4.69, 9.17) is 0 Å². The molecule has 1 unspecified atom stereocenters. The van der Waals surface area contributed by atoms with Gasteiger partial charge in [0.15, 0.2) is 0 Å². The molecular weight excluding hydrogens is 351 g/mol. The number of hydrogen-bond acceptors (Lipinski definition) is 2. The molecule has 1 fully saturated rings. The summed E-state index contributed by atoms with van der Waals surface area (Å²) in [6.07, 6.45) is 3.45. The Balaban J connectivity index is 2.23. The normalized spacial score (nSPS) is 19.5. The summed E-state index contributed by atoms with van der Waals surface area (Å²) in [7, 11) is 1.95. The molecule has 0 saturated carbocycles. The van der Waals surface area contributed by atoms with Crippen molar-refractivity contribution in [2.45, 2.75) is 32.2 Å². The molecule has 0 aliphatic carbocycles. The molecular formula is C15H21IN2O. The number of nitrogens with one attached hydrogen (secondary N) is 1. The predicted molar refractivity (Wildman–Crippen MR) is 86.5 cm³/mol. The number of aryl methyl sites for hydroxylation is 1. The van der Waals surface area contributed by atoms with Crippen LogP contribution in [0.1, 0.15) is 35.2 Å². The largest absolute Gasteiger partial charge is 0.334 e. The summed E-state index contributed by atoms with van der Waals surface area (Å²) in [5.74, 6) is 0.188. The first-order valence-corrected chi connectivity index (χ1v) is 7.93. The molecule has 1 N–H and O–H groups in total. The van der Waals surface area contributed by atoms with E-state index in [1.165, 1.54) is 12.0 Å². The molecule has 19 heavy (non-hydrogen) atoms. The summed E-state index contributed by atoms with van der Waals surface area (Å²) < 4.78 is 1.08. The molecule has 1 amide bonds. The monoisotopic (exact) mass is 372 g/mol. The lowest BCUT2D eigenvalue weighted by Crippen LogP contribution is -2.48. The minimum atomic E-state index is 0.188. The fraction of sp³-hybridized carbons (Fsp3) is 0.533. The molecule has 0 bridgehead atoms. The zero-order valence-electron chi connectivity index (χ0n) is 11.6. The third kappa shape index (κ3) is 3.28. The molecule has 4 heteroatoms. The van der Waals surface area contributed by atoms with E-state index in [0.717, 1.165) is 35.1 Å². The van der Waals surface area contributed by atoms with Crippen molar-refractivity contribution in [2.75, 3.05) is 20.1 Å². The zero-order chi connectivity index (χ0) is 13.8. The van der Waals surface area contributed by atoms with Gasteiger partial charge in [-0.05, 0) is 67.5 Å². The van der Waals surface area contributed by atoms with Crippen molar-refractivity contribution in [2.24, 2.45) is 0 Å². The number of amides is 1. The highest BCUT2D eigenvalue weighted by atomic mass is 127. The lowest BCUT2D eigenvalue weighted by atomic mass is 10.0. The van der Waals surface area contributed by atoms with E-state index in [1.54, 1.807) is 0 Å². The molecule has 2 rings (SSSR count). The lowest BCUT2D eigenvalue weighted by molar-refractivity contribution is 0.0614. The summed E-state index contributed by atoms with van der Waals surface area (Å²) in [5.41, 5.74) is 2.03. The number of carbonyl (C=O) groups is 1. The molecule has 0 aromatic heterocycles. The number of nitrogens with zero attached hydrogens (tertiary/aromatic N) is 1. The summed E-state index contributed by atoms with van der Waals surface area (Å²) in [6.45, 7) is 3.82. The van der Waals surface area contributed by atoms with E-state index in [9.17, 15) is 4.79 Å². The molecule has 1 aromatic carbocycles. The number of halogens is 1. The van der Waals surface area contributed by atoms with Gasteiger partial charge in [0.25, 0.3) is 5.91 Å². The number of piperidine rings is 1. The van der Waals surface area contributed by atoms with Crippen molar-refractivity contribution in [3.05, 3.63) is 32.9 Å². The van der Waals surface area contributed by atoms with Gasteiger partial charge in [0.1, 0.15) is 0 Å². The Bertz CT molecular complexity index is 459. The van der Waals surface area contributed by atoms with Gasteiger partial charge in [0.05, 0.1) is 5.56 Å². The topological polar surface area (TPSA) is 32.3 Å². The van der Waals surface area contributed by atoms with Crippen LogP contribution in [0.15, 0.2) is 18.2 Å². The van der Waals surface area contributed by atoms with E-state index in [-0.39, 0.29) is 5.91 Å². The van der Waals surface area contributed by atoms with Gasteiger partial charge >= 0.3 is 0 Å². The molecule has 0 spiro atoms. The number of benzene rings is 1. The maximum absolute atomic E-state index is 12.8. The van der Waals surface area contributed by atoms with Crippen LogP contribution in [0.3, 0.4) is 0 Å². The molecule has 3 nitrogen and oxygen atoms in total. The van der Waals surface area contributed by atoms with Crippen molar-refractivity contribution >= 4 is 28.5 Å². The second-order valence-corrected chi connectivity index (χ2v) is 6.22. The number of likely N-dealkylation sites (N-methyl/N-ethyl adjacent to an activating group) is 1. The Kier molecular flexibility index (Phi) is 5.21. The third-order valence-electron chi connectivity index (χ3n) is 3.75. The molecule has 1 aliphatic heterocycles. The van der Waals surface area contributed by atoms with Crippen LogP contribution in [0.4, 0.5) is 0 Å². The molecule has 1 aromatic rings. The fourth-order valence-corrected chi connectivity index (χ4v) is 3.27.